The van der Waals surface area contributed by atoms with Gasteiger partial charge in [0, 0.05) is 12.7 Å². The quantitative estimate of drug-likeness (QED) is 0.875. The highest BCUT2D eigenvalue weighted by molar-refractivity contribution is 5.50. The SMILES string of the molecule is CCNc1nc(C)cn1-c1cccc(C)c1C. The Kier molecular flexibility index (Phi) is 3.18. The van der Waals surface area contributed by atoms with E-state index in [1.165, 1.54) is 16.8 Å². The first-order chi connectivity index (χ1) is 8.13. The number of hydrogen-bond donors (Lipinski definition) is 1. The van der Waals surface area contributed by atoms with Crippen LogP contribution in [-0.2, 0) is 0 Å². The van der Waals surface area contributed by atoms with Crippen LogP contribution in [0.5, 0.6) is 0 Å². The molecule has 90 valence electrons. The molecule has 0 amide bonds. The van der Waals surface area contributed by atoms with Crippen LogP contribution in [-0.4, -0.2) is 16.1 Å². The smallest absolute Gasteiger partial charge is 0.207 e. The number of rotatable bonds is 3. The van der Waals surface area contributed by atoms with Gasteiger partial charge in [-0.25, -0.2) is 4.98 Å². The predicted octanol–water partition coefficient (Wildman–Crippen LogP) is 3.23. The van der Waals surface area contributed by atoms with Gasteiger partial charge in [-0.05, 0) is 44.9 Å². The molecule has 0 atom stereocenters. The summed E-state index contributed by atoms with van der Waals surface area (Å²) in [5.74, 6) is 0.915. The molecule has 0 aliphatic heterocycles. The topological polar surface area (TPSA) is 29.9 Å². The fourth-order valence-corrected chi connectivity index (χ4v) is 1.96. The molecule has 3 nitrogen and oxygen atoms in total. The van der Waals surface area contributed by atoms with Crippen molar-refractivity contribution in [2.45, 2.75) is 27.7 Å². The fourth-order valence-electron chi connectivity index (χ4n) is 1.96. The summed E-state index contributed by atoms with van der Waals surface area (Å²) in [5.41, 5.74) is 4.82. The zero-order valence-corrected chi connectivity index (χ0v) is 10.9. The molecule has 1 aromatic heterocycles. The molecule has 2 rings (SSSR count). The van der Waals surface area contributed by atoms with Crippen LogP contribution in [0.4, 0.5) is 5.95 Å². The molecule has 0 aliphatic rings. The highest BCUT2D eigenvalue weighted by Gasteiger charge is 2.09. The van der Waals surface area contributed by atoms with Crippen molar-refractivity contribution in [2.24, 2.45) is 0 Å². The van der Waals surface area contributed by atoms with Crippen LogP contribution < -0.4 is 5.32 Å². The number of benzene rings is 1. The highest BCUT2D eigenvalue weighted by Crippen LogP contribution is 2.22. The lowest BCUT2D eigenvalue weighted by Crippen LogP contribution is -2.06. The van der Waals surface area contributed by atoms with Crippen LogP contribution >= 0.6 is 0 Å². The third-order valence-electron chi connectivity index (χ3n) is 3.00. The minimum atomic E-state index is 0.876. The van der Waals surface area contributed by atoms with Gasteiger partial charge in [0.25, 0.3) is 0 Å². The molecule has 17 heavy (non-hydrogen) atoms. The summed E-state index contributed by atoms with van der Waals surface area (Å²) in [6.45, 7) is 9.26. The summed E-state index contributed by atoms with van der Waals surface area (Å²) in [6, 6.07) is 6.35. The van der Waals surface area contributed by atoms with Gasteiger partial charge in [0.05, 0.1) is 11.4 Å². The molecule has 0 bridgehead atoms. The van der Waals surface area contributed by atoms with Gasteiger partial charge in [-0.3, -0.25) is 4.57 Å². The van der Waals surface area contributed by atoms with E-state index in [0.29, 0.717) is 0 Å². The molecule has 1 N–H and O–H groups in total. The third kappa shape index (κ3) is 2.18. The van der Waals surface area contributed by atoms with Crippen molar-refractivity contribution in [1.29, 1.82) is 0 Å². The second-order valence-electron chi connectivity index (χ2n) is 4.33. The Balaban J connectivity index is 2.55. The van der Waals surface area contributed by atoms with E-state index >= 15 is 0 Å². The van der Waals surface area contributed by atoms with Gasteiger partial charge in [0.15, 0.2) is 0 Å². The van der Waals surface area contributed by atoms with Crippen LogP contribution in [0.15, 0.2) is 24.4 Å². The molecule has 0 fully saturated rings. The van der Waals surface area contributed by atoms with E-state index in [0.717, 1.165) is 18.2 Å². The second-order valence-corrected chi connectivity index (χ2v) is 4.33. The summed E-state index contributed by atoms with van der Waals surface area (Å²) in [7, 11) is 0. The maximum absolute atomic E-state index is 4.50. The summed E-state index contributed by atoms with van der Waals surface area (Å²) < 4.78 is 2.13. The Morgan fingerprint density at radius 3 is 2.71 bits per heavy atom. The van der Waals surface area contributed by atoms with Gasteiger partial charge in [-0.15, -0.1) is 0 Å². The molecule has 2 aromatic rings. The van der Waals surface area contributed by atoms with Crippen molar-refractivity contribution in [1.82, 2.24) is 9.55 Å². The van der Waals surface area contributed by atoms with Crippen molar-refractivity contribution in [3.05, 3.63) is 41.2 Å². The number of hydrogen-bond acceptors (Lipinski definition) is 2. The number of nitrogens with one attached hydrogen (secondary N) is 1. The van der Waals surface area contributed by atoms with Gasteiger partial charge in [0.1, 0.15) is 0 Å². The van der Waals surface area contributed by atoms with E-state index in [4.69, 9.17) is 0 Å². The van der Waals surface area contributed by atoms with Crippen LogP contribution in [0.3, 0.4) is 0 Å². The van der Waals surface area contributed by atoms with Crippen molar-refractivity contribution in [3.63, 3.8) is 0 Å². The molecular weight excluding hydrogens is 210 g/mol. The Labute approximate surface area is 103 Å². The minimum Gasteiger partial charge on any atom is -0.356 e. The molecule has 1 heterocycles. The molecule has 0 saturated carbocycles. The predicted molar refractivity (Wildman–Crippen MR) is 71.9 cm³/mol. The van der Waals surface area contributed by atoms with E-state index in [-0.39, 0.29) is 0 Å². The van der Waals surface area contributed by atoms with Gasteiger partial charge in [-0.2, -0.15) is 0 Å². The number of nitrogens with zero attached hydrogens (tertiary/aromatic N) is 2. The number of imidazole rings is 1. The molecule has 3 heteroatoms. The lowest BCUT2D eigenvalue weighted by Gasteiger charge is -2.12. The van der Waals surface area contributed by atoms with E-state index in [1.807, 2.05) is 6.92 Å². The van der Waals surface area contributed by atoms with E-state index in [9.17, 15) is 0 Å². The first kappa shape index (κ1) is 11.7. The summed E-state index contributed by atoms with van der Waals surface area (Å²) in [6.07, 6.45) is 2.07. The highest BCUT2D eigenvalue weighted by atomic mass is 15.2. The first-order valence-electron chi connectivity index (χ1n) is 6.00. The molecule has 1 aromatic carbocycles. The van der Waals surface area contributed by atoms with Crippen molar-refractivity contribution < 1.29 is 0 Å². The normalized spacial score (nSPS) is 10.6. The summed E-state index contributed by atoms with van der Waals surface area (Å²) in [5, 5.41) is 3.29. The second kappa shape index (κ2) is 4.62. The van der Waals surface area contributed by atoms with Crippen molar-refractivity contribution in [3.8, 4) is 5.69 Å². The molecule has 0 radical (unpaired) electrons. The molecule has 0 spiro atoms. The molecular formula is C14H19N3. The van der Waals surface area contributed by atoms with Crippen molar-refractivity contribution >= 4 is 5.95 Å². The number of aromatic nitrogens is 2. The van der Waals surface area contributed by atoms with Crippen LogP contribution in [0.2, 0.25) is 0 Å². The van der Waals surface area contributed by atoms with Gasteiger partial charge >= 0.3 is 0 Å². The van der Waals surface area contributed by atoms with Crippen LogP contribution in [0, 0.1) is 20.8 Å². The average Bonchev–Trinajstić information content (AvgIpc) is 2.64. The Hall–Kier alpha value is -1.77. The van der Waals surface area contributed by atoms with Gasteiger partial charge in [-0.1, -0.05) is 12.1 Å². The number of anilines is 1. The standard InChI is InChI=1S/C14H19N3/c1-5-15-14-16-11(3)9-17(14)13-8-6-7-10(2)12(13)4/h6-9H,5H2,1-4H3,(H,15,16). The Morgan fingerprint density at radius 1 is 1.24 bits per heavy atom. The first-order valence-corrected chi connectivity index (χ1v) is 6.00. The molecule has 0 unspecified atom stereocenters. The zero-order valence-electron chi connectivity index (χ0n) is 10.9. The van der Waals surface area contributed by atoms with E-state index < -0.39 is 0 Å². The Bertz CT molecular complexity index is 526. The lowest BCUT2D eigenvalue weighted by atomic mass is 10.1. The lowest BCUT2D eigenvalue weighted by molar-refractivity contribution is 1.01. The largest absolute Gasteiger partial charge is 0.356 e. The monoisotopic (exact) mass is 229 g/mol. The van der Waals surface area contributed by atoms with Crippen LogP contribution in [0.25, 0.3) is 5.69 Å². The van der Waals surface area contributed by atoms with E-state index in [1.54, 1.807) is 0 Å². The molecule has 0 saturated heterocycles. The fraction of sp³-hybridized carbons (Fsp3) is 0.357. The summed E-state index contributed by atoms with van der Waals surface area (Å²) in [4.78, 5) is 4.50. The maximum Gasteiger partial charge on any atom is 0.207 e. The van der Waals surface area contributed by atoms with E-state index in [2.05, 4.69) is 60.0 Å². The molecule has 0 aliphatic carbocycles. The third-order valence-corrected chi connectivity index (χ3v) is 3.00. The Morgan fingerprint density at radius 2 is 2.00 bits per heavy atom. The van der Waals surface area contributed by atoms with Gasteiger partial charge < -0.3 is 5.32 Å². The van der Waals surface area contributed by atoms with Crippen LogP contribution in [0.1, 0.15) is 23.7 Å². The zero-order chi connectivity index (χ0) is 12.4. The maximum atomic E-state index is 4.50. The summed E-state index contributed by atoms with van der Waals surface area (Å²) >= 11 is 0. The van der Waals surface area contributed by atoms with Gasteiger partial charge in [0.2, 0.25) is 5.95 Å². The average molecular weight is 229 g/mol. The number of aryl methyl sites for hydroxylation is 2. The van der Waals surface area contributed by atoms with Crippen molar-refractivity contribution in [2.75, 3.05) is 11.9 Å². The minimum absolute atomic E-state index is 0.876.